The molecule has 5 nitrogen and oxygen atoms in total. The third-order valence-electron chi connectivity index (χ3n) is 3.54. The fourth-order valence-corrected chi connectivity index (χ4v) is 2.83. The number of hydrogen-bond donors (Lipinski definition) is 1. The molecule has 3 rings (SSSR count). The highest BCUT2D eigenvalue weighted by Gasteiger charge is 2.10. The molecule has 6 heteroatoms. The summed E-state index contributed by atoms with van der Waals surface area (Å²) in [5.74, 6) is 0.0719. The van der Waals surface area contributed by atoms with Gasteiger partial charge in [0.1, 0.15) is 11.4 Å². The zero-order valence-corrected chi connectivity index (χ0v) is 14.7. The topological polar surface area (TPSA) is 83.2 Å². The Morgan fingerprint density at radius 3 is 2.42 bits per heavy atom. The van der Waals surface area contributed by atoms with Crippen LogP contribution in [0.3, 0.4) is 0 Å². The molecular weight excluding hydrogens is 348 g/mol. The van der Waals surface area contributed by atoms with E-state index in [4.69, 9.17) is 15.1 Å². The summed E-state index contributed by atoms with van der Waals surface area (Å²) in [5, 5.41) is 20.7. The summed E-state index contributed by atoms with van der Waals surface area (Å²) in [6, 6.07) is 15.4. The van der Waals surface area contributed by atoms with Gasteiger partial charge in [-0.2, -0.15) is 5.26 Å². The lowest BCUT2D eigenvalue weighted by Crippen LogP contribution is -1.98. The fraction of sp³-hybridized carbons (Fsp3) is 0.0500. The van der Waals surface area contributed by atoms with E-state index in [2.05, 4.69) is 11.1 Å². The average molecular weight is 362 g/mol. The normalized spacial score (nSPS) is 11.0. The van der Waals surface area contributed by atoms with Gasteiger partial charge in [-0.25, -0.2) is 9.78 Å². The van der Waals surface area contributed by atoms with Gasteiger partial charge in [0.2, 0.25) is 0 Å². The molecule has 1 N–H and O–H groups in total. The van der Waals surface area contributed by atoms with Crippen LogP contribution in [0.1, 0.15) is 32.2 Å². The van der Waals surface area contributed by atoms with Crippen LogP contribution in [0.15, 0.2) is 53.9 Å². The van der Waals surface area contributed by atoms with E-state index in [-0.39, 0.29) is 5.56 Å². The van der Waals surface area contributed by atoms with Gasteiger partial charge < -0.3 is 9.84 Å². The van der Waals surface area contributed by atoms with E-state index in [0.29, 0.717) is 22.8 Å². The van der Waals surface area contributed by atoms with Crippen molar-refractivity contribution in [2.24, 2.45) is 0 Å². The maximum absolute atomic E-state index is 11.0. The van der Waals surface area contributed by atoms with E-state index >= 15 is 0 Å². The molecule has 0 unspecified atom stereocenters. The van der Waals surface area contributed by atoms with Gasteiger partial charge in [-0.3, -0.25) is 0 Å². The van der Waals surface area contributed by atoms with Crippen LogP contribution in [0.2, 0.25) is 0 Å². The molecule has 0 spiro atoms. The number of aromatic carboxylic acids is 1. The summed E-state index contributed by atoms with van der Waals surface area (Å²) in [6.07, 6.45) is 1.83. The predicted octanol–water partition coefficient (Wildman–Crippen LogP) is 4.60. The largest absolute Gasteiger partial charge is 0.478 e. The fourth-order valence-electron chi connectivity index (χ4n) is 2.23. The number of benzene rings is 2. The van der Waals surface area contributed by atoms with Crippen LogP contribution in [0.25, 0.3) is 11.8 Å². The number of aryl methyl sites for hydroxylation is 1. The first-order valence-electron chi connectivity index (χ1n) is 7.71. The minimum Gasteiger partial charge on any atom is -0.478 e. The monoisotopic (exact) mass is 362 g/mol. The molecule has 26 heavy (non-hydrogen) atoms. The molecule has 0 radical (unpaired) electrons. The molecule has 128 valence electrons. The molecule has 0 aliphatic carbocycles. The van der Waals surface area contributed by atoms with Crippen molar-refractivity contribution >= 4 is 29.1 Å². The van der Waals surface area contributed by atoms with Crippen LogP contribution in [0.5, 0.6) is 5.75 Å². The molecule has 0 aliphatic rings. The second-order valence-electron chi connectivity index (χ2n) is 5.43. The summed E-state index contributed by atoms with van der Waals surface area (Å²) < 4.78 is 5.96. The zero-order valence-electron chi connectivity index (χ0n) is 13.8. The molecular formula is C20H14N2O3S. The standard InChI is InChI=1S/C20H14N2O3S/c1-13-22-18(12-26-13)19(10-14-2-4-15(11-21)5-3-14)25-17-8-6-16(7-9-17)20(23)24/h2-10,12H,1H3,(H,23,24). The highest BCUT2D eigenvalue weighted by atomic mass is 32.1. The van der Waals surface area contributed by atoms with Gasteiger partial charge >= 0.3 is 5.97 Å². The number of nitrogens with zero attached hydrogens (tertiary/aromatic N) is 2. The quantitative estimate of drug-likeness (QED) is 0.671. The maximum atomic E-state index is 11.0. The third-order valence-corrected chi connectivity index (χ3v) is 4.31. The summed E-state index contributed by atoms with van der Waals surface area (Å²) >= 11 is 1.51. The number of nitriles is 1. The Morgan fingerprint density at radius 1 is 1.19 bits per heavy atom. The summed E-state index contributed by atoms with van der Waals surface area (Å²) in [6.45, 7) is 1.91. The highest BCUT2D eigenvalue weighted by Crippen LogP contribution is 2.25. The van der Waals surface area contributed by atoms with Gasteiger partial charge in [0.05, 0.1) is 22.2 Å². The number of aromatic nitrogens is 1. The van der Waals surface area contributed by atoms with Crippen molar-refractivity contribution in [3.63, 3.8) is 0 Å². The van der Waals surface area contributed by atoms with Crippen molar-refractivity contribution < 1.29 is 14.6 Å². The molecule has 1 aromatic heterocycles. The number of rotatable bonds is 5. The lowest BCUT2D eigenvalue weighted by molar-refractivity contribution is 0.0697. The van der Waals surface area contributed by atoms with Crippen LogP contribution < -0.4 is 4.74 Å². The number of thiazole rings is 1. The lowest BCUT2D eigenvalue weighted by atomic mass is 10.1. The van der Waals surface area contributed by atoms with Crippen LogP contribution in [0, 0.1) is 18.3 Å². The Labute approximate surface area is 154 Å². The number of carbonyl (C=O) groups is 1. The van der Waals surface area contributed by atoms with E-state index in [1.165, 1.54) is 23.5 Å². The van der Waals surface area contributed by atoms with Crippen molar-refractivity contribution in [1.29, 1.82) is 5.26 Å². The average Bonchev–Trinajstić information content (AvgIpc) is 3.08. The predicted molar refractivity (Wildman–Crippen MR) is 99.9 cm³/mol. The molecule has 0 bridgehead atoms. The number of hydrogen-bond acceptors (Lipinski definition) is 5. The maximum Gasteiger partial charge on any atom is 0.335 e. The van der Waals surface area contributed by atoms with Crippen LogP contribution in [0.4, 0.5) is 0 Å². The van der Waals surface area contributed by atoms with E-state index in [1.807, 2.05) is 30.5 Å². The smallest absolute Gasteiger partial charge is 0.335 e. The van der Waals surface area contributed by atoms with E-state index in [1.54, 1.807) is 24.3 Å². The number of carboxylic acids is 1. The molecule has 3 aromatic rings. The van der Waals surface area contributed by atoms with Gasteiger partial charge in [-0.05, 0) is 55.0 Å². The molecule has 0 saturated heterocycles. The van der Waals surface area contributed by atoms with Crippen molar-refractivity contribution in [2.45, 2.75) is 6.92 Å². The molecule has 0 atom stereocenters. The Kier molecular flexibility index (Phi) is 5.11. The van der Waals surface area contributed by atoms with E-state index in [0.717, 1.165) is 10.6 Å². The Hall–Kier alpha value is -3.43. The van der Waals surface area contributed by atoms with Gasteiger partial charge in [0, 0.05) is 5.38 Å². The van der Waals surface area contributed by atoms with Crippen molar-refractivity contribution in [2.75, 3.05) is 0 Å². The van der Waals surface area contributed by atoms with Crippen molar-refractivity contribution in [3.05, 3.63) is 81.3 Å². The molecule has 1 heterocycles. The molecule has 0 saturated carbocycles. The Balaban J connectivity index is 1.94. The van der Waals surface area contributed by atoms with Gasteiger partial charge in [0.25, 0.3) is 0 Å². The summed E-state index contributed by atoms with van der Waals surface area (Å²) in [7, 11) is 0. The molecule has 0 fully saturated rings. The number of carboxylic acid groups (broad SMARTS) is 1. The van der Waals surface area contributed by atoms with Gasteiger partial charge in [-0.1, -0.05) is 12.1 Å². The first-order chi connectivity index (χ1) is 12.5. The van der Waals surface area contributed by atoms with Gasteiger partial charge in [0.15, 0.2) is 5.76 Å². The third kappa shape index (κ3) is 4.15. The van der Waals surface area contributed by atoms with Gasteiger partial charge in [-0.15, -0.1) is 11.3 Å². The SMILES string of the molecule is Cc1nc(C(=Cc2ccc(C#N)cc2)Oc2ccc(C(=O)O)cc2)cs1. The highest BCUT2D eigenvalue weighted by molar-refractivity contribution is 7.09. The van der Waals surface area contributed by atoms with Crippen molar-refractivity contribution in [3.8, 4) is 11.8 Å². The summed E-state index contributed by atoms with van der Waals surface area (Å²) in [4.78, 5) is 15.4. The first-order valence-corrected chi connectivity index (χ1v) is 8.59. The Morgan fingerprint density at radius 2 is 1.88 bits per heavy atom. The lowest BCUT2D eigenvalue weighted by Gasteiger charge is -2.09. The number of ether oxygens (including phenoxy) is 1. The second-order valence-corrected chi connectivity index (χ2v) is 6.49. The van der Waals surface area contributed by atoms with Crippen molar-refractivity contribution in [1.82, 2.24) is 4.98 Å². The molecule has 0 amide bonds. The molecule has 0 aliphatic heterocycles. The Bertz CT molecular complexity index is 997. The summed E-state index contributed by atoms with van der Waals surface area (Å²) in [5.41, 5.74) is 2.34. The second kappa shape index (κ2) is 7.64. The molecule has 2 aromatic carbocycles. The minimum absolute atomic E-state index is 0.194. The van der Waals surface area contributed by atoms with Crippen LogP contribution in [-0.4, -0.2) is 16.1 Å². The minimum atomic E-state index is -0.986. The van der Waals surface area contributed by atoms with Crippen LogP contribution in [-0.2, 0) is 0 Å². The van der Waals surface area contributed by atoms with Crippen LogP contribution >= 0.6 is 11.3 Å². The van der Waals surface area contributed by atoms with E-state index < -0.39 is 5.97 Å². The first kappa shape index (κ1) is 17.4. The van der Waals surface area contributed by atoms with E-state index in [9.17, 15) is 4.79 Å². The zero-order chi connectivity index (χ0) is 18.5.